The molecule has 0 bridgehead atoms. The number of ether oxygens (including phenoxy) is 1. The number of H-pyrrole nitrogens is 1. The smallest absolute Gasteiger partial charge is 0.398 e. The van der Waals surface area contributed by atoms with Crippen molar-refractivity contribution in [2.45, 2.75) is 103 Å². The lowest BCUT2D eigenvalue weighted by Gasteiger charge is -2.26. The molecule has 102 heavy (non-hydrogen) atoms. The van der Waals surface area contributed by atoms with Crippen LogP contribution in [0.3, 0.4) is 0 Å². The molecule has 32 heteroatoms. The van der Waals surface area contributed by atoms with Crippen LogP contribution in [-0.2, 0) is 79.1 Å². The third-order valence-corrected chi connectivity index (χ3v) is 22.5. The van der Waals surface area contributed by atoms with Crippen LogP contribution in [0.15, 0.2) is 203 Å². The molecule has 0 amide bonds. The van der Waals surface area contributed by atoms with Crippen molar-refractivity contribution in [2.75, 3.05) is 13.7 Å². The van der Waals surface area contributed by atoms with Gasteiger partial charge in [-0.15, -0.1) is 0 Å². The summed E-state index contributed by atoms with van der Waals surface area (Å²) in [6.07, 6.45) is 4.94. The van der Waals surface area contributed by atoms with E-state index in [4.69, 9.17) is 16.3 Å². The second-order valence-electron chi connectivity index (χ2n) is 24.5. The molecule has 534 valence electrons. The Morgan fingerprint density at radius 1 is 0.569 bits per heavy atom. The number of fused-ring (bicyclic) bond motifs is 4. The number of benzene rings is 4. The van der Waals surface area contributed by atoms with Crippen LogP contribution in [0, 0.1) is 6.92 Å². The minimum atomic E-state index is -4.59. The Morgan fingerprint density at radius 2 is 1.02 bits per heavy atom. The van der Waals surface area contributed by atoms with Crippen LogP contribution in [0.5, 0.6) is 17.2 Å². The fourth-order valence-electron chi connectivity index (χ4n) is 11.3. The van der Waals surface area contributed by atoms with E-state index in [1.807, 2.05) is 68.8 Å². The molecular weight excluding hydrogens is 1420 g/mol. The van der Waals surface area contributed by atoms with Gasteiger partial charge in [-0.2, -0.15) is 17.9 Å². The van der Waals surface area contributed by atoms with Gasteiger partial charge in [-0.3, -0.25) is 39.9 Å². The van der Waals surface area contributed by atoms with Crippen LogP contribution in [-0.4, -0.2) is 120 Å². The van der Waals surface area contributed by atoms with E-state index in [9.17, 15) is 57.1 Å². The molecule has 0 radical (unpaired) electrons. The molecule has 0 spiro atoms. The Hall–Kier alpha value is -9.44. The molecule has 9 heterocycles. The van der Waals surface area contributed by atoms with Gasteiger partial charge in [-0.1, -0.05) is 71.8 Å². The summed E-state index contributed by atoms with van der Waals surface area (Å²) in [6.45, 7) is 7.58. The summed E-state index contributed by atoms with van der Waals surface area (Å²) < 4.78 is 157. The number of hydrogen-bond acceptors (Lipinski definition) is 19. The van der Waals surface area contributed by atoms with E-state index in [0.717, 1.165) is 27.8 Å². The lowest BCUT2D eigenvalue weighted by atomic mass is 9.96. The molecule has 0 saturated heterocycles. The fourth-order valence-corrected chi connectivity index (χ4v) is 17.1. The fraction of sp³-hybridized carbons (Fsp3) is 0.257. The number of pyridine rings is 4. The number of sulfonamides is 4. The number of halogens is 4. The molecule has 2 unspecified atom stereocenters. The Kier molecular flexibility index (Phi) is 23.5. The largest absolute Gasteiger partial charge is 0.508 e. The predicted molar refractivity (Wildman–Crippen MR) is 383 cm³/mol. The van der Waals surface area contributed by atoms with Crippen LogP contribution in [0.4, 0.5) is 13.2 Å². The highest BCUT2D eigenvalue weighted by Crippen LogP contribution is 2.35. The molecular formula is C70H71ClF3N13O11S4. The van der Waals surface area contributed by atoms with E-state index in [-0.39, 0.29) is 63.0 Å². The standard InChI is InChI=1S/C21H19N3O3S.C18H21N3O4S.C17H18ClN3O2S.C14H13F3N4O2S/c1-14-4-6-15(7-5-14)20(16-8-10-17(25)11-9-16)24-28(26,27)21-18-3-2-12-22-19(18)13-23-21;1-12(5-6-13-7-8-16(22)17(10-13)25-2)21-26(23,24)18-14-4-3-9-19-15(14)11-20-18;1-17(2,10-12-5-7-13(18)8-6-12)21-24(22,23)16-14-4-3-9-19-15(14)11-20-16;15-14(16,17)10(11-4-2-6-18-11)7-21-24(22,23)13-9-3-1-5-19-12(9)8-20-13/h2-12,20,24-25H,13H2,1H3;3-4,7-10,12,21-22H,5-6,11H2,1-2H3;3-9,21H,10-11H2,1-2H3;1-6,10,18,21H,7-8H2/t;12-;;/m.1../s1. The van der Waals surface area contributed by atoms with Crippen LogP contribution in [0.1, 0.15) is 118 Å². The number of nitrogens with one attached hydrogen (secondary N) is 5. The molecule has 0 aliphatic carbocycles. The number of aromatic hydroxyl groups is 2. The first-order valence-electron chi connectivity index (χ1n) is 31.6. The second-order valence-corrected chi connectivity index (χ2v) is 31.4. The molecule has 3 atom stereocenters. The molecule has 5 aromatic heterocycles. The van der Waals surface area contributed by atoms with Crippen molar-refractivity contribution >= 4 is 71.9 Å². The summed E-state index contributed by atoms with van der Waals surface area (Å²) in [5.74, 6) is -1.37. The number of aromatic amines is 1. The number of hydrogen-bond donors (Lipinski definition) is 7. The normalized spacial score (nSPS) is 14.8. The first kappa shape index (κ1) is 75.2. The number of aromatic nitrogens is 5. The highest BCUT2D eigenvalue weighted by molar-refractivity contribution is 8.06. The Balaban J connectivity index is 0.000000147. The number of nitrogens with zero attached hydrogens (tertiary/aromatic N) is 8. The molecule has 4 aromatic carbocycles. The van der Waals surface area contributed by atoms with Crippen LogP contribution < -0.4 is 23.6 Å². The van der Waals surface area contributed by atoms with E-state index in [1.165, 1.54) is 49.8 Å². The maximum atomic E-state index is 13.2. The van der Waals surface area contributed by atoms with Crippen molar-refractivity contribution in [3.05, 3.63) is 266 Å². The average Bonchev–Trinajstić information content (AvgIpc) is 1.61. The third-order valence-electron chi connectivity index (χ3n) is 16.2. The summed E-state index contributed by atoms with van der Waals surface area (Å²) in [5.41, 5.74) is 8.26. The number of aryl methyl sites for hydroxylation is 2. The van der Waals surface area contributed by atoms with Gasteiger partial charge in [0.25, 0.3) is 40.1 Å². The number of rotatable bonds is 18. The highest BCUT2D eigenvalue weighted by atomic mass is 35.5. The third kappa shape index (κ3) is 18.8. The van der Waals surface area contributed by atoms with E-state index in [2.05, 4.69) is 59.1 Å². The lowest BCUT2D eigenvalue weighted by molar-refractivity contribution is -0.149. The summed E-state index contributed by atoms with van der Waals surface area (Å²) in [6, 6.07) is 41.8. The molecule has 9 aromatic rings. The maximum absolute atomic E-state index is 13.2. The molecule has 13 rings (SSSR count). The number of alkyl halides is 3. The minimum absolute atomic E-state index is 0.00601. The summed E-state index contributed by atoms with van der Waals surface area (Å²) in [5, 5.41) is 19.7. The molecule has 0 saturated carbocycles. The Bertz CT molecular complexity index is 5070. The Morgan fingerprint density at radius 3 is 1.48 bits per heavy atom. The van der Waals surface area contributed by atoms with E-state index in [0.29, 0.717) is 81.6 Å². The Labute approximate surface area is 593 Å². The van der Waals surface area contributed by atoms with Gasteiger partial charge in [0, 0.05) is 82.1 Å². The first-order valence-corrected chi connectivity index (χ1v) is 37.9. The van der Waals surface area contributed by atoms with Crippen molar-refractivity contribution in [3.63, 3.8) is 0 Å². The van der Waals surface area contributed by atoms with Crippen LogP contribution >= 0.6 is 11.6 Å². The SMILES string of the molecule is CC(C)(Cc1ccc(Cl)cc1)NS(=O)(=O)C1=NCc2ncccc21.COc1cc(CC[C@@H](C)NS(=O)(=O)C2=NCc3ncccc32)ccc1O.Cc1ccc(C(NS(=O)(=O)C2=NCc3ncccc32)c2ccc(O)cc2)cc1.O=S(=O)(NCC(c1ccc[nH]1)C(F)(F)F)C1=NCc2ncccc21. The number of methoxy groups -OCH3 is 1. The van der Waals surface area contributed by atoms with Crippen molar-refractivity contribution in [3.8, 4) is 17.2 Å². The van der Waals surface area contributed by atoms with Gasteiger partial charge < -0.3 is 19.9 Å². The average molecular weight is 1490 g/mol. The van der Waals surface area contributed by atoms with Gasteiger partial charge in [0.2, 0.25) is 0 Å². The molecule has 4 aliphatic heterocycles. The zero-order chi connectivity index (χ0) is 73.2. The van der Waals surface area contributed by atoms with Crippen molar-refractivity contribution in [1.29, 1.82) is 0 Å². The predicted octanol–water partition coefficient (Wildman–Crippen LogP) is 9.93. The zero-order valence-corrected chi connectivity index (χ0v) is 59.5. The van der Waals surface area contributed by atoms with Gasteiger partial charge >= 0.3 is 6.18 Å². The van der Waals surface area contributed by atoms with Gasteiger partial charge in [0.05, 0.1) is 62.1 Å². The van der Waals surface area contributed by atoms with Gasteiger partial charge in [-0.05, 0) is 166 Å². The van der Waals surface area contributed by atoms with Crippen LogP contribution in [0.2, 0.25) is 5.02 Å². The first-order chi connectivity index (χ1) is 48.4. The summed E-state index contributed by atoms with van der Waals surface area (Å²) in [7, 11) is -14.0. The van der Waals surface area contributed by atoms with Gasteiger partial charge in [-0.25, -0.2) is 47.8 Å². The van der Waals surface area contributed by atoms with E-state index in [1.54, 1.807) is 104 Å². The number of phenols is 2. The number of phenolic OH excluding ortho intramolecular Hbond substituents is 2. The van der Waals surface area contributed by atoms with Gasteiger partial charge in [0.1, 0.15) is 11.7 Å². The van der Waals surface area contributed by atoms with Crippen molar-refractivity contribution < 1.29 is 61.8 Å². The van der Waals surface area contributed by atoms with E-state index < -0.39 is 70.3 Å². The monoisotopic (exact) mass is 1490 g/mol. The maximum Gasteiger partial charge on any atom is 0.398 e. The molecule has 24 nitrogen and oxygen atoms in total. The number of aliphatic imine (C=N–C) groups is 4. The van der Waals surface area contributed by atoms with Crippen molar-refractivity contribution in [2.24, 2.45) is 20.0 Å². The summed E-state index contributed by atoms with van der Waals surface area (Å²) in [4.78, 5) is 35.4. The summed E-state index contributed by atoms with van der Waals surface area (Å²) >= 11 is 5.89. The minimum Gasteiger partial charge on any atom is -0.508 e. The van der Waals surface area contributed by atoms with Crippen molar-refractivity contribution in [1.82, 2.24) is 43.8 Å². The molecule has 0 fully saturated rings. The zero-order valence-electron chi connectivity index (χ0n) is 55.5. The quantitative estimate of drug-likeness (QED) is 0.0420. The molecule has 4 aliphatic rings. The topological polar surface area (TPSA) is 351 Å². The second kappa shape index (κ2) is 31.8. The molecule has 7 N–H and O–H groups in total. The van der Waals surface area contributed by atoms with E-state index >= 15 is 0 Å². The van der Waals surface area contributed by atoms with Gasteiger partial charge in [0.15, 0.2) is 31.7 Å². The highest BCUT2D eigenvalue weighted by Gasteiger charge is 2.43. The van der Waals surface area contributed by atoms with Crippen LogP contribution in [0.25, 0.3) is 0 Å². The lowest BCUT2D eigenvalue weighted by Crippen LogP contribution is -2.47.